The minimum atomic E-state index is -0.430. The van der Waals surface area contributed by atoms with E-state index in [0.29, 0.717) is 30.0 Å². The van der Waals surface area contributed by atoms with Crippen LogP contribution in [0.15, 0.2) is 41.8 Å². The minimum absolute atomic E-state index is 0.154. The standard InChI is InChI=1S/C27H31NO4S/c1-6-31-27(30)25-22(21-11-10-18(3)19(4)15-21)16-33-26(25)28-24(29)8-7-13-32-23-12-9-17(2)14-20(23)5/h9-12,14-16H,6-8,13H2,1-5H3,(H,28,29). The number of thiophene rings is 1. The van der Waals surface area contributed by atoms with Gasteiger partial charge in [-0.25, -0.2) is 4.79 Å². The van der Waals surface area contributed by atoms with Gasteiger partial charge in [0.15, 0.2) is 0 Å². The Morgan fingerprint density at radius 1 is 0.970 bits per heavy atom. The summed E-state index contributed by atoms with van der Waals surface area (Å²) in [6, 6.07) is 12.1. The smallest absolute Gasteiger partial charge is 0.341 e. The van der Waals surface area contributed by atoms with E-state index in [2.05, 4.69) is 24.4 Å². The molecule has 1 aromatic heterocycles. The van der Waals surface area contributed by atoms with E-state index in [1.165, 1.54) is 22.5 Å². The molecule has 33 heavy (non-hydrogen) atoms. The van der Waals surface area contributed by atoms with Crippen molar-refractivity contribution in [1.29, 1.82) is 0 Å². The largest absolute Gasteiger partial charge is 0.493 e. The average Bonchev–Trinajstić information content (AvgIpc) is 3.18. The van der Waals surface area contributed by atoms with Crippen LogP contribution in [0, 0.1) is 27.7 Å². The number of amides is 1. The van der Waals surface area contributed by atoms with Gasteiger partial charge in [0.25, 0.3) is 0 Å². The highest BCUT2D eigenvalue weighted by molar-refractivity contribution is 7.15. The van der Waals surface area contributed by atoms with E-state index >= 15 is 0 Å². The minimum Gasteiger partial charge on any atom is -0.493 e. The molecule has 0 radical (unpaired) electrons. The molecular weight excluding hydrogens is 434 g/mol. The number of benzene rings is 2. The van der Waals surface area contributed by atoms with Gasteiger partial charge in [0.05, 0.1) is 13.2 Å². The van der Waals surface area contributed by atoms with Gasteiger partial charge in [0, 0.05) is 17.4 Å². The van der Waals surface area contributed by atoms with Crippen LogP contribution in [0.2, 0.25) is 0 Å². The van der Waals surface area contributed by atoms with Crippen LogP contribution in [-0.4, -0.2) is 25.1 Å². The fraction of sp³-hybridized carbons (Fsp3) is 0.333. The quantitative estimate of drug-likeness (QED) is 0.285. The molecule has 1 amide bonds. The molecule has 1 N–H and O–H groups in total. The molecule has 174 valence electrons. The maximum atomic E-state index is 12.7. The molecular formula is C27H31NO4S. The molecule has 0 saturated heterocycles. The van der Waals surface area contributed by atoms with Gasteiger partial charge in [0.2, 0.25) is 5.91 Å². The fourth-order valence-electron chi connectivity index (χ4n) is 3.54. The fourth-order valence-corrected chi connectivity index (χ4v) is 4.52. The molecule has 0 aliphatic rings. The van der Waals surface area contributed by atoms with Crippen molar-refractivity contribution in [1.82, 2.24) is 0 Å². The molecule has 0 saturated carbocycles. The molecule has 1 heterocycles. The van der Waals surface area contributed by atoms with Crippen molar-refractivity contribution in [2.45, 2.75) is 47.5 Å². The van der Waals surface area contributed by atoms with E-state index < -0.39 is 5.97 Å². The van der Waals surface area contributed by atoms with Crippen molar-refractivity contribution < 1.29 is 19.1 Å². The topological polar surface area (TPSA) is 64.6 Å². The number of ether oxygens (including phenoxy) is 2. The van der Waals surface area contributed by atoms with E-state index in [4.69, 9.17) is 9.47 Å². The second-order valence-electron chi connectivity index (χ2n) is 8.14. The van der Waals surface area contributed by atoms with Crippen molar-refractivity contribution in [3.8, 4) is 16.9 Å². The summed E-state index contributed by atoms with van der Waals surface area (Å²) < 4.78 is 11.1. The predicted molar refractivity (Wildman–Crippen MR) is 134 cm³/mol. The molecule has 6 heteroatoms. The monoisotopic (exact) mass is 465 g/mol. The van der Waals surface area contributed by atoms with Gasteiger partial charge >= 0.3 is 5.97 Å². The Bertz CT molecular complexity index is 1150. The molecule has 0 aliphatic carbocycles. The van der Waals surface area contributed by atoms with E-state index in [0.717, 1.165) is 28.0 Å². The molecule has 0 fully saturated rings. The molecule has 5 nitrogen and oxygen atoms in total. The SMILES string of the molecule is CCOC(=O)c1c(-c2ccc(C)c(C)c2)csc1NC(=O)CCCOc1ccc(C)cc1C. The van der Waals surface area contributed by atoms with Crippen LogP contribution in [-0.2, 0) is 9.53 Å². The molecule has 2 aromatic carbocycles. The summed E-state index contributed by atoms with van der Waals surface area (Å²) in [4.78, 5) is 25.3. The van der Waals surface area contributed by atoms with Crippen molar-refractivity contribution >= 4 is 28.2 Å². The predicted octanol–water partition coefficient (Wildman–Crippen LogP) is 6.62. The summed E-state index contributed by atoms with van der Waals surface area (Å²) in [5, 5.41) is 5.32. The zero-order valence-electron chi connectivity index (χ0n) is 19.9. The molecule has 0 aliphatic heterocycles. The number of aryl methyl sites for hydroxylation is 4. The first-order chi connectivity index (χ1) is 15.8. The van der Waals surface area contributed by atoms with Crippen molar-refractivity contribution in [3.05, 3.63) is 69.6 Å². The maximum Gasteiger partial charge on any atom is 0.341 e. The number of anilines is 1. The normalized spacial score (nSPS) is 10.7. The van der Waals surface area contributed by atoms with Crippen LogP contribution < -0.4 is 10.1 Å². The van der Waals surface area contributed by atoms with Crippen molar-refractivity contribution in [3.63, 3.8) is 0 Å². The summed E-state index contributed by atoms with van der Waals surface area (Å²) in [5.74, 6) is 0.251. The van der Waals surface area contributed by atoms with Gasteiger partial charge in [-0.3, -0.25) is 4.79 Å². The Balaban J connectivity index is 1.67. The highest BCUT2D eigenvalue weighted by Gasteiger charge is 2.23. The van der Waals surface area contributed by atoms with Gasteiger partial charge in [0.1, 0.15) is 16.3 Å². The summed E-state index contributed by atoms with van der Waals surface area (Å²) in [6.45, 7) is 10.6. The Morgan fingerprint density at radius 3 is 2.45 bits per heavy atom. The maximum absolute atomic E-state index is 12.7. The number of esters is 1. The zero-order chi connectivity index (χ0) is 24.0. The molecule has 0 bridgehead atoms. The van der Waals surface area contributed by atoms with E-state index in [-0.39, 0.29) is 12.5 Å². The lowest BCUT2D eigenvalue weighted by molar-refractivity contribution is -0.116. The van der Waals surface area contributed by atoms with Crippen LogP contribution in [0.4, 0.5) is 5.00 Å². The first kappa shape index (κ1) is 24.5. The van der Waals surface area contributed by atoms with Crippen LogP contribution >= 0.6 is 11.3 Å². The Morgan fingerprint density at radius 2 is 1.76 bits per heavy atom. The third-order valence-electron chi connectivity index (χ3n) is 5.48. The number of carbonyl (C=O) groups excluding carboxylic acids is 2. The van der Waals surface area contributed by atoms with Crippen LogP contribution in [0.1, 0.15) is 52.4 Å². The molecule has 3 rings (SSSR count). The lowest BCUT2D eigenvalue weighted by Gasteiger charge is -2.11. The van der Waals surface area contributed by atoms with Crippen LogP contribution in [0.25, 0.3) is 11.1 Å². The molecule has 3 aromatic rings. The van der Waals surface area contributed by atoms with Gasteiger partial charge < -0.3 is 14.8 Å². The summed E-state index contributed by atoms with van der Waals surface area (Å²) in [5.41, 5.74) is 6.70. The van der Waals surface area contributed by atoms with Crippen LogP contribution in [0.3, 0.4) is 0 Å². The second kappa shape index (κ2) is 11.1. The highest BCUT2D eigenvalue weighted by Crippen LogP contribution is 2.37. The van der Waals surface area contributed by atoms with Gasteiger partial charge in [-0.15, -0.1) is 11.3 Å². The van der Waals surface area contributed by atoms with E-state index in [1.54, 1.807) is 6.92 Å². The molecule has 0 unspecified atom stereocenters. The average molecular weight is 466 g/mol. The number of carbonyl (C=O) groups is 2. The van der Waals surface area contributed by atoms with Crippen molar-refractivity contribution in [2.75, 3.05) is 18.5 Å². The van der Waals surface area contributed by atoms with Crippen molar-refractivity contribution in [2.24, 2.45) is 0 Å². The van der Waals surface area contributed by atoms with Gasteiger partial charge in [-0.05, 0) is 69.4 Å². The third kappa shape index (κ3) is 6.23. The number of nitrogens with one attached hydrogen (secondary N) is 1. The number of rotatable bonds is 9. The molecule has 0 atom stereocenters. The van der Waals surface area contributed by atoms with Gasteiger partial charge in [-0.1, -0.05) is 35.9 Å². The van der Waals surface area contributed by atoms with E-state index in [1.807, 2.05) is 50.4 Å². The summed E-state index contributed by atoms with van der Waals surface area (Å²) in [7, 11) is 0. The highest BCUT2D eigenvalue weighted by atomic mass is 32.1. The first-order valence-electron chi connectivity index (χ1n) is 11.2. The summed E-state index contributed by atoms with van der Waals surface area (Å²) >= 11 is 1.34. The lowest BCUT2D eigenvalue weighted by atomic mass is 9.99. The van der Waals surface area contributed by atoms with E-state index in [9.17, 15) is 9.59 Å². The number of hydrogen-bond acceptors (Lipinski definition) is 5. The third-order valence-corrected chi connectivity index (χ3v) is 6.37. The second-order valence-corrected chi connectivity index (χ2v) is 9.02. The summed E-state index contributed by atoms with van der Waals surface area (Å²) in [6.07, 6.45) is 0.868. The van der Waals surface area contributed by atoms with Gasteiger partial charge in [-0.2, -0.15) is 0 Å². The van der Waals surface area contributed by atoms with Crippen LogP contribution in [0.5, 0.6) is 5.75 Å². The zero-order valence-corrected chi connectivity index (χ0v) is 20.7. The Kier molecular flexibility index (Phi) is 8.28. The Hall–Kier alpha value is -3.12. The Labute approximate surface area is 199 Å². The molecule has 0 spiro atoms. The number of hydrogen-bond donors (Lipinski definition) is 1. The lowest BCUT2D eigenvalue weighted by Crippen LogP contribution is -2.15. The first-order valence-corrected chi connectivity index (χ1v) is 12.0.